The molecular weight excluding hydrogens is 747 g/mol. The molecule has 0 radical (unpaired) electrons. The Morgan fingerprint density at radius 1 is 0.837 bits per heavy atom. The molecule has 6 rings (SSSR count). The van der Waals surface area contributed by atoms with Gasteiger partial charge >= 0.3 is 5.97 Å². The van der Waals surface area contributed by atoms with Crippen LogP contribution in [0, 0.1) is 12.8 Å². The molecule has 5 N–H and O–H groups in total. The lowest BCUT2D eigenvalue weighted by molar-refractivity contribution is -0.131. The highest BCUT2D eigenvalue weighted by molar-refractivity contribution is 8.03. The smallest absolute Gasteiger partial charge is 0.321 e. The number of aromatic hydroxyl groups is 4. The predicted molar refractivity (Wildman–Crippen MR) is 193 cm³/mol. The van der Waals surface area contributed by atoms with Crippen LogP contribution < -0.4 is 10.1 Å². The maximum Gasteiger partial charge on any atom is 0.321 e. The number of rotatable bonds is 9. The Balaban J connectivity index is 0.000000232. The number of fused-ring (bicyclic) bond motifs is 1. The van der Waals surface area contributed by atoms with Crippen molar-refractivity contribution in [3.8, 4) is 28.7 Å². The summed E-state index contributed by atoms with van der Waals surface area (Å²) in [4.78, 5) is 25.1. The normalized spacial score (nSPS) is 15.1. The van der Waals surface area contributed by atoms with E-state index in [1.54, 1.807) is 38.1 Å². The Morgan fingerprint density at radius 2 is 1.45 bits per heavy atom. The third kappa shape index (κ3) is 9.11. The summed E-state index contributed by atoms with van der Waals surface area (Å²) in [6.07, 6.45) is 1.93. The number of esters is 1. The summed E-state index contributed by atoms with van der Waals surface area (Å²) in [7, 11) is 0. The van der Waals surface area contributed by atoms with Gasteiger partial charge in [-0.2, -0.15) is 0 Å². The van der Waals surface area contributed by atoms with Crippen LogP contribution in [0.15, 0.2) is 75.7 Å². The molecule has 3 aromatic carbocycles. The number of phenolic OH excluding ortho intramolecular Hbond substituents is 4. The SMILES string of the molecule is CC1C(=O)Nc2c(O)cc(Sc3nnc(SCC(=O)Oc4ccccc4)s3)c(O)c2C1C.CSc1nnc(Sc2cc(O)c(C)cc2O)s1. The van der Waals surface area contributed by atoms with E-state index in [1.165, 1.54) is 76.2 Å². The quantitative estimate of drug-likeness (QED) is 0.0323. The molecule has 5 aromatic rings. The summed E-state index contributed by atoms with van der Waals surface area (Å²) in [5, 5.41) is 59.4. The number of nitrogens with zero attached hydrogens (tertiary/aromatic N) is 4. The number of hydrogen-bond acceptors (Lipinski definition) is 17. The number of hydrogen-bond donors (Lipinski definition) is 5. The van der Waals surface area contributed by atoms with E-state index in [0.717, 1.165) is 20.4 Å². The Labute approximate surface area is 306 Å². The highest BCUT2D eigenvalue weighted by Crippen LogP contribution is 2.51. The molecule has 1 aliphatic heterocycles. The second-order valence-corrected chi connectivity index (χ2v) is 17.2. The Kier molecular flexibility index (Phi) is 12.2. The van der Waals surface area contributed by atoms with Gasteiger partial charge < -0.3 is 30.5 Å². The average Bonchev–Trinajstić information content (AvgIpc) is 3.74. The van der Waals surface area contributed by atoms with Gasteiger partial charge in [-0.3, -0.25) is 9.59 Å². The molecule has 0 spiro atoms. The van der Waals surface area contributed by atoms with Crippen molar-refractivity contribution in [3.63, 3.8) is 0 Å². The van der Waals surface area contributed by atoms with E-state index in [-0.39, 0.29) is 52.2 Å². The van der Waals surface area contributed by atoms with Crippen molar-refractivity contribution >= 4 is 87.3 Å². The molecule has 0 saturated carbocycles. The van der Waals surface area contributed by atoms with Crippen LogP contribution >= 0.6 is 69.7 Å². The van der Waals surface area contributed by atoms with Gasteiger partial charge in [0.2, 0.25) is 5.91 Å². The zero-order chi connectivity index (χ0) is 35.2. The van der Waals surface area contributed by atoms with Crippen molar-refractivity contribution in [2.24, 2.45) is 5.92 Å². The molecule has 0 bridgehead atoms. The summed E-state index contributed by atoms with van der Waals surface area (Å²) in [6, 6.07) is 13.3. The van der Waals surface area contributed by atoms with Crippen molar-refractivity contribution in [2.45, 2.75) is 53.8 Å². The van der Waals surface area contributed by atoms with Gasteiger partial charge in [0.1, 0.15) is 28.7 Å². The first-order valence-electron chi connectivity index (χ1n) is 14.3. The van der Waals surface area contributed by atoms with E-state index >= 15 is 0 Å². The number of amides is 1. The van der Waals surface area contributed by atoms with Gasteiger partial charge in [0.25, 0.3) is 0 Å². The van der Waals surface area contributed by atoms with Crippen molar-refractivity contribution in [1.29, 1.82) is 0 Å². The van der Waals surface area contributed by atoms with E-state index < -0.39 is 5.97 Å². The minimum Gasteiger partial charge on any atom is -0.508 e. The van der Waals surface area contributed by atoms with Crippen LogP contribution in [0.2, 0.25) is 0 Å². The van der Waals surface area contributed by atoms with Crippen molar-refractivity contribution in [1.82, 2.24) is 20.4 Å². The topological polar surface area (TPSA) is 188 Å². The molecule has 256 valence electrons. The van der Waals surface area contributed by atoms with Gasteiger partial charge in [0.05, 0.1) is 21.2 Å². The molecule has 2 aromatic heterocycles. The second-order valence-electron chi connectivity index (χ2n) is 10.4. The molecule has 18 heteroatoms. The lowest BCUT2D eigenvalue weighted by Crippen LogP contribution is -2.30. The number of anilines is 1. The fourth-order valence-electron chi connectivity index (χ4n) is 4.34. The highest BCUT2D eigenvalue weighted by atomic mass is 32.2. The summed E-state index contributed by atoms with van der Waals surface area (Å²) in [5.74, 6) is -0.443. The van der Waals surface area contributed by atoms with Crippen LogP contribution in [-0.4, -0.2) is 64.7 Å². The highest BCUT2D eigenvalue weighted by Gasteiger charge is 2.35. The largest absolute Gasteiger partial charge is 0.508 e. The number of benzene rings is 3. The van der Waals surface area contributed by atoms with Crippen LogP contribution in [-0.2, 0) is 9.59 Å². The second kappa shape index (κ2) is 16.4. The molecule has 2 atom stereocenters. The first-order valence-corrected chi connectivity index (χ1v) is 19.8. The van der Waals surface area contributed by atoms with Gasteiger partial charge in [-0.25, -0.2) is 0 Å². The standard InChI is InChI=1S/C21H19N3O5S3.C10H10N2O2S3/c1-10-11(2)19(28)22-17-13(25)8-14(18(27)16(10)17)31-21-24-23-20(32-21)30-9-15(26)29-12-6-4-3-5-7-12;1-5-3-7(14)8(4-6(5)13)16-10-12-11-9(15-2)17-10/h3-8,10-11,25,27H,9H2,1-2H3,(H,22,28);3-4,13-14H,1-2H3. The fraction of sp³-hybridized carbons (Fsp3) is 0.226. The number of aromatic nitrogens is 4. The monoisotopic (exact) mass is 775 g/mol. The average molecular weight is 776 g/mol. The van der Waals surface area contributed by atoms with Crippen LogP contribution in [0.1, 0.15) is 30.9 Å². The molecular formula is C31H29N5O7S6. The van der Waals surface area contributed by atoms with E-state index in [4.69, 9.17) is 4.74 Å². The van der Waals surface area contributed by atoms with E-state index in [0.29, 0.717) is 35.3 Å². The number of para-hydroxylation sites is 1. The molecule has 2 unspecified atom stereocenters. The molecule has 3 heterocycles. The molecule has 12 nitrogen and oxygen atoms in total. The lowest BCUT2D eigenvalue weighted by Gasteiger charge is -2.30. The number of phenols is 4. The number of nitrogens with one attached hydrogen (secondary N) is 1. The lowest BCUT2D eigenvalue weighted by atomic mass is 9.83. The molecule has 1 aliphatic rings. The van der Waals surface area contributed by atoms with Crippen LogP contribution in [0.3, 0.4) is 0 Å². The maximum absolute atomic E-state index is 12.1. The number of carbonyl (C=O) groups is 2. The zero-order valence-electron chi connectivity index (χ0n) is 26.2. The van der Waals surface area contributed by atoms with Crippen molar-refractivity contribution in [2.75, 3.05) is 17.3 Å². The third-order valence-electron chi connectivity index (χ3n) is 7.06. The minimum absolute atomic E-state index is 0.00186. The Bertz CT molecular complexity index is 1970. The number of carbonyl (C=O) groups excluding carboxylic acids is 2. The fourth-order valence-corrected chi connectivity index (χ4v) is 9.62. The Hall–Kier alpha value is -3.68. The van der Waals surface area contributed by atoms with Gasteiger partial charge in [-0.05, 0) is 55.0 Å². The number of aryl methyl sites for hydroxylation is 1. The first kappa shape index (κ1) is 36.6. The van der Waals surface area contributed by atoms with E-state index in [2.05, 4.69) is 25.7 Å². The molecule has 49 heavy (non-hydrogen) atoms. The first-order chi connectivity index (χ1) is 23.4. The summed E-state index contributed by atoms with van der Waals surface area (Å²) >= 11 is 7.91. The minimum atomic E-state index is -0.395. The zero-order valence-corrected chi connectivity index (χ0v) is 31.1. The number of thioether (sulfide) groups is 2. The molecule has 0 saturated heterocycles. The van der Waals surface area contributed by atoms with Crippen molar-refractivity contribution < 1.29 is 34.8 Å². The third-order valence-corrected chi connectivity index (χ3v) is 13.2. The van der Waals surface area contributed by atoms with Gasteiger partial charge in [-0.1, -0.05) is 102 Å². The molecule has 0 aliphatic carbocycles. The van der Waals surface area contributed by atoms with E-state index in [9.17, 15) is 30.0 Å². The number of ether oxygens (including phenoxy) is 1. The maximum atomic E-state index is 12.1. The summed E-state index contributed by atoms with van der Waals surface area (Å²) < 4.78 is 7.99. The molecule has 0 fully saturated rings. The van der Waals surface area contributed by atoms with Crippen LogP contribution in [0.4, 0.5) is 5.69 Å². The summed E-state index contributed by atoms with van der Waals surface area (Å²) in [6.45, 7) is 5.35. The summed E-state index contributed by atoms with van der Waals surface area (Å²) in [5.41, 5.74) is 1.39. The van der Waals surface area contributed by atoms with E-state index in [1.807, 2.05) is 19.2 Å². The van der Waals surface area contributed by atoms with Gasteiger partial charge in [0, 0.05) is 11.5 Å². The van der Waals surface area contributed by atoms with Crippen molar-refractivity contribution in [3.05, 3.63) is 59.7 Å². The Morgan fingerprint density at radius 3 is 2.12 bits per heavy atom. The van der Waals surface area contributed by atoms with Crippen LogP contribution in [0.5, 0.6) is 28.7 Å². The van der Waals surface area contributed by atoms with Gasteiger partial charge in [0.15, 0.2) is 17.4 Å². The van der Waals surface area contributed by atoms with Gasteiger partial charge in [-0.15, -0.1) is 20.4 Å². The van der Waals surface area contributed by atoms with Crippen LogP contribution in [0.25, 0.3) is 0 Å². The molecule has 1 amide bonds. The predicted octanol–water partition coefficient (Wildman–Crippen LogP) is 7.62.